The SMILES string of the molecule is CC(=O)[O][V]=[O]. The monoisotopic (exact) mass is 126 g/mol. The van der Waals surface area contributed by atoms with Crippen molar-refractivity contribution in [1.29, 1.82) is 0 Å². The molecule has 0 amide bonds. The summed E-state index contributed by atoms with van der Waals surface area (Å²) in [5.74, 6) is -0.481. The van der Waals surface area contributed by atoms with Crippen LogP contribution in [0.1, 0.15) is 6.92 Å². The van der Waals surface area contributed by atoms with E-state index in [2.05, 4.69) is 3.66 Å². The van der Waals surface area contributed by atoms with Crippen molar-refractivity contribution >= 4 is 5.97 Å². The summed E-state index contributed by atoms with van der Waals surface area (Å²) in [4.78, 5) is 9.64. The van der Waals surface area contributed by atoms with Crippen LogP contribution in [-0.2, 0) is 28.7 Å². The van der Waals surface area contributed by atoms with Crippen LogP contribution >= 0.6 is 0 Å². The molecule has 0 radical (unpaired) electrons. The van der Waals surface area contributed by atoms with Crippen LogP contribution in [0.3, 0.4) is 0 Å². The molecule has 0 aliphatic rings. The van der Waals surface area contributed by atoms with Crippen LogP contribution in [0.2, 0.25) is 0 Å². The summed E-state index contributed by atoms with van der Waals surface area (Å²) < 4.78 is 13.3. The van der Waals surface area contributed by atoms with E-state index < -0.39 is 22.6 Å². The first kappa shape index (κ1) is 5.85. The zero-order valence-corrected chi connectivity index (χ0v) is 4.57. The molecule has 0 spiro atoms. The van der Waals surface area contributed by atoms with Gasteiger partial charge < -0.3 is 0 Å². The fraction of sp³-hybridized carbons (Fsp3) is 0.500. The van der Waals surface area contributed by atoms with Gasteiger partial charge in [-0.1, -0.05) is 0 Å². The van der Waals surface area contributed by atoms with E-state index in [0.29, 0.717) is 0 Å². The molecule has 0 aliphatic carbocycles. The van der Waals surface area contributed by atoms with Gasteiger partial charge in [0.1, 0.15) is 0 Å². The molecule has 0 unspecified atom stereocenters. The van der Waals surface area contributed by atoms with E-state index in [-0.39, 0.29) is 0 Å². The molecule has 0 saturated carbocycles. The zero-order valence-electron chi connectivity index (χ0n) is 3.17. The van der Waals surface area contributed by atoms with E-state index in [1.165, 1.54) is 6.92 Å². The number of carbonyl (C=O) groups is 1. The van der Waals surface area contributed by atoms with Gasteiger partial charge in [-0.25, -0.2) is 0 Å². The predicted octanol–water partition coefficient (Wildman–Crippen LogP) is -0.108. The van der Waals surface area contributed by atoms with Gasteiger partial charge in [0.15, 0.2) is 0 Å². The minimum atomic E-state index is -1.42. The van der Waals surface area contributed by atoms with Gasteiger partial charge in [-0.15, -0.1) is 0 Å². The minimum absolute atomic E-state index is 0.481. The van der Waals surface area contributed by atoms with Crippen LogP contribution in [-0.4, -0.2) is 5.97 Å². The number of rotatable bonds is 1. The molecular weight excluding hydrogens is 123 g/mol. The van der Waals surface area contributed by atoms with Crippen molar-refractivity contribution < 1.29 is 28.7 Å². The Bertz CT molecular complexity index is 69.2. The average Bonchev–Trinajstić information content (AvgIpc) is 1.35. The second kappa shape index (κ2) is 3.06. The first-order valence-corrected chi connectivity index (χ1v) is 2.41. The van der Waals surface area contributed by atoms with E-state index in [9.17, 15) is 8.47 Å². The number of hydrogen-bond donors (Lipinski definition) is 0. The van der Waals surface area contributed by atoms with Gasteiger partial charge in [-0.05, 0) is 0 Å². The third-order valence-electron chi connectivity index (χ3n) is 0.166. The van der Waals surface area contributed by atoms with Crippen molar-refractivity contribution in [2.75, 3.05) is 0 Å². The zero-order chi connectivity index (χ0) is 4.99. The van der Waals surface area contributed by atoms with Crippen molar-refractivity contribution in [2.24, 2.45) is 0 Å². The first-order chi connectivity index (χ1) is 2.77. The van der Waals surface area contributed by atoms with Gasteiger partial charge in [-0.2, -0.15) is 0 Å². The van der Waals surface area contributed by atoms with Crippen LogP contribution in [0.25, 0.3) is 0 Å². The van der Waals surface area contributed by atoms with E-state index >= 15 is 0 Å². The standard InChI is InChI=1S/C2H4O2.O.V/c1-2(3)4;;/h1H3,(H,3,4);;/q;;+1/p-1. The van der Waals surface area contributed by atoms with Crippen molar-refractivity contribution in [3.63, 3.8) is 0 Å². The van der Waals surface area contributed by atoms with Crippen molar-refractivity contribution in [3.05, 3.63) is 0 Å². The van der Waals surface area contributed by atoms with E-state index in [1.54, 1.807) is 0 Å². The van der Waals surface area contributed by atoms with Crippen molar-refractivity contribution in [2.45, 2.75) is 6.92 Å². The fourth-order valence-electron chi connectivity index (χ4n) is 0.0525. The van der Waals surface area contributed by atoms with Gasteiger partial charge in [0.2, 0.25) is 0 Å². The summed E-state index contributed by atoms with van der Waals surface area (Å²) in [6.45, 7) is 1.22. The molecule has 0 atom stereocenters. The maximum absolute atomic E-state index is 9.64. The summed E-state index contributed by atoms with van der Waals surface area (Å²) in [6, 6.07) is 0. The second-order valence-electron chi connectivity index (χ2n) is 0.657. The van der Waals surface area contributed by atoms with E-state index in [0.717, 1.165) is 0 Å². The molecule has 0 aromatic carbocycles. The van der Waals surface area contributed by atoms with Crippen LogP contribution < -0.4 is 0 Å². The Morgan fingerprint density at radius 1 is 1.83 bits per heavy atom. The Morgan fingerprint density at radius 3 is 2.33 bits per heavy atom. The molecule has 3 nitrogen and oxygen atoms in total. The molecule has 0 heterocycles. The van der Waals surface area contributed by atoms with Gasteiger partial charge in [0.05, 0.1) is 0 Å². The Morgan fingerprint density at radius 2 is 2.33 bits per heavy atom. The summed E-state index contributed by atoms with van der Waals surface area (Å²) >= 11 is -1.42. The Balaban J connectivity index is 3.05. The molecule has 0 aromatic rings. The number of hydrogen-bond acceptors (Lipinski definition) is 3. The molecule has 4 heteroatoms. The topological polar surface area (TPSA) is 43.4 Å². The first-order valence-electron chi connectivity index (χ1n) is 1.27. The summed E-state index contributed by atoms with van der Waals surface area (Å²) in [6.07, 6.45) is 0. The van der Waals surface area contributed by atoms with Gasteiger partial charge in [0, 0.05) is 0 Å². The summed E-state index contributed by atoms with van der Waals surface area (Å²) in [7, 11) is 0. The second-order valence-corrected chi connectivity index (χ2v) is 1.18. The van der Waals surface area contributed by atoms with Crippen LogP contribution in [0.5, 0.6) is 0 Å². The summed E-state index contributed by atoms with van der Waals surface area (Å²) in [5.41, 5.74) is 0. The van der Waals surface area contributed by atoms with Crippen molar-refractivity contribution in [1.82, 2.24) is 0 Å². The quantitative estimate of drug-likeness (QED) is 0.492. The molecule has 0 N–H and O–H groups in total. The normalized spacial score (nSPS) is 6.83. The average molecular weight is 126 g/mol. The fourth-order valence-corrected chi connectivity index (χ4v) is 0.216. The van der Waals surface area contributed by atoms with E-state index in [4.69, 9.17) is 0 Å². The maximum atomic E-state index is 9.64. The molecule has 0 rings (SSSR count). The Hall–Kier alpha value is -0.146. The van der Waals surface area contributed by atoms with Gasteiger partial charge in [0.25, 0.3) is 0 Å². The summed E-state index contributed by atoms with van der Waals surface area (Å²) in [5, 5.41) is 0. The Kier molecular flexibility index (Phi) is 2.99. The molecule has 0 saturated heterocycles. The van der Waals surface area contributed by atoms with Crippen molar-refractivity contribution in [3.8, 4) is 0 Å². The molecule has 0 aliphatic heterocycles. The van der Waals surface area contributed by atoms with Crippen LogP contribution in [0.4, 0.5) is 0 Å². The van der Waals surface area contributed by atoms with E-state index in [1.807, 2.05) is 0 Å². The molecular formula is C2H3O3V. The Labute approximate surface area is 42.3 Å². The van der Waals surface area contributed by atoms with Gasteiger partial charge >= 0.3 is 41.6 Å². The molecule has 34 valence electrons. The molecule has 6 heavy (non-hydrogen) atoms. The van der Waals surface area contributed by atoms with Crippen LogP contribution in [0, 0.1) is 0 Å². The number of carbonyl (C=O) groups excluding carboxylic acids is 1. The molecule has 0 fully saturated rings. The molecule has 0 bridgehead atoms. The third kappa shape index (κ3) is 3.85. The predicted molar refractivity (Wildman–Crippen MR) is 12.5 cm³/mol. The van der Waals surface area contributed by atoms with Gasteiger partial charge in [-0.3, -0.25) is 0 Å². The van der Waals surface area contributed by atoms with Crippen LogP contribution in [0.15, 0.2) is 0 Å². The third-order valence-corrected chi connectivity index (χ3v) is 0.684. The molecule has 0 aromatic heterocycles.